The predicted molar refractivity (Wildman–Crippen MR) is 126 cm³/mol. The topological polar surface area (TPSA) is 74.6 Å². The highest BCUT2D eigenvalue weighted by atomic mass is 16.6. The van der Waals surface area contributed by atoms with Gasteiger partial charge in [0.15, 0.2) is 0 Å². The van der Waals surface area contributed by atoms with Gasteiger partial charge in [-0.1, -0.05) is 36.1 Å². The molecule has 1 N–H and O–H groups in total. The van der Waals surface area contributed by atoms with Crippen LogP contribution in [-0.2, 0) is 22.4 Å². The fourth-order valence-electron chi connectivity index (χ4n) is 4.02. The molecule has 2 aromatic carbocycles. The van der Waals surface area contributed by atoms with E-state index in [1.807, 2.05) is 48.5 Å². The minimum absolute atomic E-state index is 0.149. The third-order valence-corrected chi connectivity index (χ3v) is 5.66. The van der Waals surface area contributed by atoms with Crippen molar-refractivity contribution in [1.29, 1.82) is 0 Å². The lowest BCUT2D eigenvalue weighted by atomic mass is 9.95. The van der Waals surface area contributed by atoms with Crippen molar-refractivity contribution in [2.24, 2.45) is 0 Å². The molecule has 2 aliphatic heterocycles. The second kappa shape index (κ2) is 9.90. The molecule has 0 radical (unpaired) electrons. The highest BCUT2D eigenvalue weighted by Gasteiger charge is 2.20. The molecule has 0 amide bonds. The Labute approximate surface area is 192 Å². The van der Waals surface area contributed by atoms with E-state index >= 15 is 0 Å². The molecule has 5 rings (SSSR count). The lowest BCUT2D eigenvalue weighted by Gasteiger charge is -2.24. The first kappa shape index (κ1) is 21.3. The number of ether oxygens (including phenoxy) is 3. The summed E-state index contributed by atoms with van der Waals surface area (Å²) in [6.07, 6.45) is 0.610. The summed E-state index contributed by atoms with van der Waals surface area (Å²) in [5.41, 5.74) is 4.70. The summed E-state index contributed by atoms with van der Waals surface area (Å²) in [4.78, 5) is 16.7. The Morgan fingerprint density at radius 3 is 2.91 bits per heavy atom. The number of anilines is 1. The monoisotopic (exact) mass is 443 g/mol. The second-order valence-electron chi connectivity index (χ2n) is 7.94. The van der Waals surface area contributed by atoms with Crippen LogP contribution in [0.3, 0.4) is 0 Å². The van der Waals surface area contributed by atoms with E-state index in [1.54, 1.807) is 4.57 Å². The summed E-state index contributed by atoms with van der Waals surface area (Å²) in [5, 5.41) is 3.29. The van der Waals surface area contributed by atoms with Gasteiger partial charge in [-0.25, -0.2) is 4.79 Å². The van der Waals surface area contributed by atoms with Gasteiger partial charge in [0, 0.05) is 29.4 Å². The van der Waals surface area contributed by atoms with Crippen molar-refractivity contribution in [2.45, 2.75) is 19.1 Å². The number of hydrogen-bond donors (Lipinski definition) is 1. The van der Waals surface area contributed by atoms with E-state index in [0.717, 1.165) is 28.9 Å². The maximum atomic E-state index is 12.6. The molecule has 0 aliphatic carbocycles. The van der Waals surface area contributed by atoms with Crippen molar-refractivity contribution in [2.75, 3.05) is 38.3 Å². The zero-order valence-corrected chi connectivity index (χ0v) is 18.3. The normalized spacial score (nSPS) is 16.7. The first-order valence-corrected chi connectivity index (χ1v) is 11.1. The van der Waals surface area contributed by atoms with Gasteiger partial charge in [0.25, 0.3) is 0 Å². The molecule has 33 heavy (non-hydrogen) atoms. The lowest BCUT2D eigenvalue weighted by molar-refractivity contribution is -0.102. The maximum absolute atomic E-state index is 12.6. The van der Waals surface area contributed by atoms with Crippen LogP contribution in [0.15, 0.2) is 59.4 Å². The number of rotatable bonds is 5. The van der Waals surface area contributed by atoms with Gasteiger partial charge in [0.1, 0.15) is 12.7 Å². The summed E-state index contributed by atoms with van der Waals surface area (Å²) < 4.78 is 18.5. The summed E-state index contributed by atoms with van der Waals surface area (Å²) in [7, 11) is 0. The van der Waals surface area contributed by atoms with Crippen LogP contribution >= 0.6 is 0 Å². The fraction of sp³-hybridized carbons (Fsp3) is 0.308. The standard InChI is InChI=1S/C26H25N3O4/c30-26-28-25(33-18-22-17-31-13-14-32-22)16-24-23-9-8-19(15-20(23)10-12-29(24)26)5-4-11-27-21-6-2-1-3-7-21/h1-3,6-9,15-16,22,27H,10-14,17-18H2/t22-/m0/s1. The van der Waals surface area contributed by atoms with Gasteiger partial charge in [0.05, 0.1) is 32.1 Å². The summed E-state index contributed by atoms with van der Waals surface area (Å²) in [6.45, 7) is 3.09. The molecule has 1 aromatic heterocycles. The molecule has 2 aliphatic rings. The number of para-hydroxylation sites is 1. The molecule has 3 aromatic rings. The number of nitrogens with one attached hydrogen (secondary N) is 1. The van der Waals surface area contributed by atoms with E-state index < -0.39 is 0 Å². The molecule has 168 valence electrons. The maximum Gasteiger partial charge on any atom is 0.351 e. The summed E-state index contributed by atoms with van der Waals surface area (Å²) >= 11 is 0. The van der Waals surface area contributed by atoms with Crippen molar-refractivity contribution in [3.8, 4) is 29.0 Å². The van der Waals surface area contributed by atoms with E-state index in [-0.39, 0.29) is 11.8 Å². The van der Waals surface area contributed by atoms with Crippen molar-refractivity contribution in [1.82, 2.24) is 9.55 Å². The average Bonchev–Trinajstić information content (AvgIpc) is 2.86. The average molecular weight is 444 g/mol. The van der Waals surface area contributed by atoms with E-state index in [9.17, 15) is 4.79 Å². The smallest absolute Gasteiger partial charge is 0.351 e. The minimum Gasteiger partial charge on any atom is -0.475 e. The minimum atomic E-state index is -0.301. The molecule has 1 fully saturated rings. The molecule has 1 saturated heterocycles. The zero-order chi connectivity index (χ0) is 22.5. The summed E-state index contributed by atoms with van der Waals surface area (Å²) in [5.74, 6) is 6.71. The first-order valence-electron chi connectivity index (χ1n) is 11.1. The van der Waals surface area contributed by atoms with Crippen LogP contribution in [0.4, 0.5) is 5.69 Å². The van der Waals surface area contributed by atoms with Crippen molar-refractivity contribution < 1.29 is 14.2 Å². The Morgan fingerprint density at radius 2 is 2.06 bits per heavy atom. The number of aryl methyl sites for hydroxylation is 1. The zero-order valence-electron chi connectivity index (χ0n) is 18.3. The van der Waals surface area contributed by atoms with E-state index in [0.29, 0.717) is 45.4 Å². The third-order valence-electron chi connectivity index (χ3n) is 5.66. The first-order chi connectivity index (χ1) is 16.3. The van der Waals surface area contributed by atoms with Crippen LogP contribution in [0.1, 0.15) is 11.1 Å². The van der Waals surface area contributed by atoms with Crippen LogP contribution in [0, 0.1) is 11.8 Å². The van der Waals surface area contributed by atoms with Gasteiger partial charge in [0.2, 0.25) is 5.88 Å². The second-order valence-corrected chi connectivity index (χ2v) is 7.94. The molecular formula is C26H25N3O4. The Balaban J connectivity index is 1.31. The van der Waals surface area contributed by atoms with Crippen molar-refractivity contribution in [3.63, 3.8) is 0 Å². The van der Waals surface area contributed by atoms with Crippen LogP contribution in [0.2, 0.25) is 0 Å². The molecular weight excluding hydrogens is 418 g/mol. The quantitative estimate of drug-likeness (QED) is 0.612. The van der Waals surface area contributed by atoms with Crippen LogP contribution < -0.4 is 15.7 Å². The van der Waals surface area contributed by atoms with E-state index in [1.165, 1.54) is 5.56 Å². The molecule has 7 heteroatoms. The highest BCUT2D eigenvalue weighted by Crippen LogP contribution is 2.30. The molecule has 0 saturated carbocycles. The largest absolute Gasteiger partial charge is 0.475 e. The van der Waals surface area contributed by atoms with Gasteiger partial charge in [-0.05, 0) is 36.2 Å². The van der Waals surface area contributed by atoms with Gasteiger partial charge >= 0.3 is 5.69 Å². The Kier molecular flexibility index (Phi) is 6.38. The van der Waals surface area contributed by atoms with Gasteiger partial charge in [-0.3, -0.25) is 4.57 Å². The Morgan fingerprint density at radius 1 is 1.15 bits per heavy atom. The highest BCUT2D eigenvalue weighted by molar-refractivity contribution is 5.68. The molecule has 0 unspecified atom stereocenters. The molecule has 0 bridgehead atoms. The molecule has 7 nitrogen and oxygen atoms in total. The molecule has 3 heterocycles. The van der Waals surface area contributed by atoms with Crippen molar-refractivity contribution >= 4 is 5.69 Å². The van der Waals surface area contributed by atoms with Crippen LogP contribution in [0.25, 0.3) is 11.3 Å². The van der Waals surface area contributed by atoms with Crippen LogP contribution in [-0.4, -0.2) is 48.6 Å². The Bertz CT molecular complexity index is 1240. The molecule has 1 atom stereocenters. The number of benzene rings is 2. The van der Waals surface area contributed by atoms with Crippen LogP contribution in [0.5, 0.6) is 5.88 Å². The fourth-order valence-corrected chi connectivity index (χ4v) is 4.02. The predicted octanol–water partition coefficient (Wildman–Crippen LogP) is 2.72. The third kappa shape index (κ3) is 5.08. The number of hydrogen-bond acceptors (Lipinski definition) is 6. The van der Waals surface area contributed by atoms with Gasteiger partial charge < -0.3 is 19.5 Å². The van der Waals surface area contributed by atoms with Crippen molar-refractivity contribution in [3.05, 3.63) is 76.2 Å². The molecule has 0 spiro atoms. The van der Waals surface area contributed by atoms with Gasteiger partial charge in [-0.15, -0.1) is 0 Å². The number of fused-ring (bicyclic) bond motifs is 3. The van der Waals surface area contributed by atoms with E-state index in [4.69, 9.17) is 14.2 Å². The lowest BCUT2D eigenvalue weighted by Crippen LogP contribution is -2.34. The van der Waals surface area contributed by atoms with Gasteiger partial charge in [-0.2, -0.15) is 4.98 Å². The summed E-state index contributed by atoms with van der Waals surface area (Å²) in [6, 6.07) is 18.0. The SMILES string of the molecule is O=c1nc(OC[C@@H]2COCCO2)cc2n1CCc1cc(C#CCNc3ccccc3)ccc1-2. The number of aromatic nitrogens is 2. The van der Waals surface area contributed by atoms with E-state index in [2.05, 4.69) is 28.2 Å². The Hall–Kier alpha value is -3.60. The number of nitrogens with zero attached hydrogens (tertiary/aromatic N) is 2.